The number of nitrogens with zero attached hydrogens (tertiary/aromatic N) is 2. The topological polar surface area (TPSA) is 84.0 Å². The lowest BCUT2D eigenvalue weighted by Crippen LogP contribution is -2.14. The minimum atomic E-state index is -3.71. The fourth-order valence-electron chi connectivity index (χ4n) is 2.27. The molecule has 0 saturated heterocycles. The molecule has 0 fully saturated rings. The molecule has 1 aromatic heterocycles. The Morgan fingerprint density at radius 2 is 1.65 bits per heavy atom. The first kappa shape index (κ1) is 18.2. The van der Waals surface area contributed by atoms with E-state index < -0.39 is 10.0 Å². The molecule has 3 rings (SSSR count). The van der Waals surface area contributed by atoms with E-state index in [4.69, 9.17) is 11.6 Å². The van der Waals surface area contributed by atoms with Crippen LogP contribution in [-0.2, 0) is 16.4 Å². The van der Waals surface area contributed by atoms with Crippen molar-refractivity contribution in [1.82, 2.24) is 10.2 Å². The number of benzene rings is 2. The van der Waals surface area contributed by atoms with E-state index in [1.807, 2.05) is 19.1 Å². The molecule has 0 aliphatic rings. The number of anilines is 3. The van der Waals surface area contributed by atoms with Gasteiger partial charge in [-0.05, 0) is 54.4 Å². The Kier molecular flexibility index (Phi) is 5.39. The molecular weight excluding hydrogens is 372 g/mol. The summed E-state index contributed by atoms with van der Waals surface area (Å²) in [4.78, 5) is 0.178. The predicted molar refractivity (Wildman–Crippen MR) is 103 cm³/mol. The monoisotopic (exact) mass is 388 g/mol. The summed E-state index contributed by atoms with van der Waals surface area (Å²) >= 11 is 5.93. The lowest BCUT2D eigenvalue weighted by molar-refractivity contribution is 0.601. The zero-order valence-electron chi connectivity index (χ0n) is 14.0. The molecule has 2 N–H and O–H groups in total. The zero-order valence-corrected chi connectivity index (χ0v) is 15.6. The molecule has 134 valence electrons. The van der Waals surface area contributed by atoms with Gasteiger partial charge in [0.25, 0.3) is 10.0 Å². The molecule has 3 aromatic rings. The van der Waals surface area contributed by atoms with E-state index in [2.05, 4.69) is 20.2 Å². The molecule has 0 atom stereocenters. The number of hydrogen-bond acceptors (Lipinski definition) is 5. The minimum absolute atomic E-state index is 0.140. The maximum Gasteiger partial charge on any atom is 0.263 e. The first-order valence-electron chi connectivity index (χ1n) is 7.94. The van der Waals surface area contributed by atoms with Crippen molar-refractivity contribution in [3.05, 3.63) is 71.2 Å². The summed E-state index contributed by atoms with van der Waals surface area (Å²) < 4.78 is 27.2. The highest BCUT2D eigenvalue weighted by molar-refractivity contribution is 7.92. The Balaban J connectivity index is 1.71. The first-order valence-corrected chi connectivity index (χ1v) is 9.80. The van der Waals surface area contributed by atoms with Gasteiger partial charge >= 0.3 is 0 Å². The van der Waals surface area contributed by atoms with Gasteiger partial charge in [0.15, 0.2) is 11.6 Å². The maximum absolute atomic E-state index is 12.4. The largest absolute Gasteiger partial charge is 0.339 e. The van der Waals surface area contributed by atoms with E-state index in [0.29, 0.717) is 10.8 Å². The van der Waals surface area contributed by atoms with Crippen molar-refractivity contribution in [1.29, 1.82) is 0 Å². The van der Waals surface area contributed by atoms with Crippen LogP contribution in [0.3, 0.4) is 0 Å². The molecule has 0 bridgehead atoms. The smallest absolute Gasteiger partial charge is 0.263 e. The van der Waals surface area contributed by atoms with Gasteiger partial charge in [0.05, 0.1) is 4.90 Å². The number of nitrogens with one attached hydrogen (secondary N) is 2. The molecule has 0 unspecified atom stereocenters. The molecule has 1 heterocycles. The molecule has 6 nitrogen and oxygen atoms in total. The van der Waals surface area contributed by atoms with Gasteiger partial charge in [-0.1, -0.05) is 36.7 Å². The van der Waals surface area contributed by atoms with E-state index in [9.17, 15) is 8.42 Å². The molecule has 26 heavy (non-hydrogen) atoms. The molecule has 0 aliphatic carbocycles. The SMILES string of the molecule is CCc1ccc(S(=O)(=O)Nc2ccc(Nc3cccc(Cl)c3)nn2)cc1. The first-order chi connectivity index (χ1) is 12.5. The highest BCUT2D eigenvalue weighted by Gasteiger charge is 2.15. The number of hydrogen-bond donors (Lipinski definition) is 2. The second kappa shape index (κ2) is 7.72. The Bertz CT molecular complexity index is 990. The summed E-state index contributed by atoms with van der Waals surface area (Å²) in [6.07, 6.45) is 0.848. The predicted octanol–water partition coefficient (Wildman–Crippen LogP) is 4.24. The number of halogens is 1. The second-order valence-electron chi connectivity index (χ2n) is 5.54. The van der Waals surface area contributed by atoms with Crippen LogP contribution in [0.4, 0.5) is 17.3 Å². The Morgan fingerprint density at radius 1 is 0.962 bits per heavy atom. The van der Waals surface area contributed by atoms with E-state index in [-0.39, 0.29) is 10.7 Å². The average molecular weight is 389 g/mol. The summed E-state index contributed by atoms with van der Waals surface area (Å²) in [5.41, 5.74) is 1.83. The fourth-order valence-corrected chi connectivity index (χ4v) is 3.46. The highest BCUT2D eigenvalue weighted by Crippen LogP contribution is 2.20. The second-order valence-corrected chi connectivity index (χ2v) is 7.66. The van der Waals surface area contributed by atoms with Gasteiger partial charge in [-0.15, -0.1) is 10.2 Å². The third kappa shape index (κ3) is 4.50. The van der Waals surface area contributed by atoms with Gasteiger partial charge in [0.2, 0.25) is 0 Å². The average Bonchev–Trinajstić information content (AvgIpc) is 2.63. The number of aromatic nitrogens is 2. The van der Waals surface area contributed by atoms with E-state index in [0.717, 1.165) is 17.7 Å². The van der Waals surface area contributed by atoms with Gasteiger partial charge < -0.3 is 5.32 Å². The normalized spacial score (nSPS) is 11.2. The minimum Gasteiger partial charge on any atom is -0.339 e. The van der Waals surface area contributed by atoms with Crippen LogP contribution >= 0.6 is 11.6 Å². The van der Waals surface area contributed by atoms with Gasteiger partial charge in [-0.25, -0.2) is 8.42 Å². The van der Waals surface area contributed by atoms with Crippen LogP contribution in [0.15, 0.2) is 65.6 Å². The standard InChI is InChI=1S/C18H17ClN4O2S/c1-2-13-6-8-16(9-7-13)26(24,25)23-18-11-10-17(21-22-18)20-15-5-3-4-14(19)12-15/h3-12H,2H2,1H3,(H,20,21)(H,22,23). The molecule has 0 amide bonds. The molecule has 0 spiro atoms. The van der Waals surface area contributed by atoms with Crippen molar-refractivity contribution >= 4 is 38.9 Å². The van der Waals surface area contributed by atoms with Gasteiger partial charge in [-0.3, -0.25) is 4.72 Å². The van der Waals surface area contributed by atoms with Crippen LogP contribution in [0.5, 0.6) is 0 Å². The van der Waals surface area contributed by atoms with Crippen LogP contribution < -0.4 is 10.0 Å². The Hall–Kier alpha value is -2.64. The summed E-state index contributed by atoms with van der Waals surface area (Å²) in [7, 11) is -3.71. The lowest BCUT2D eigenvalue weighted by Gasteiger charge is -2.09. The summed E-state index contributed by atoms with van der Waals surface area (Å²) in [6, 6.07) is 17.1. The number of sulfonamides is 1. The van der Waals surface area contributed by atoms with Crippen LogP contribution in [0.1, 0.15) is 12.5 Å². The number of aryl methyl sites for hydroxylation is 1. The van der Waals surface area contributed by atoms with Crippen LogP contribution in [0.2, 0.25) is 5.02 Å². The van der Waals surface area contributed by atoms with Crippen LogP contribution in [-0.4, -0.2) is 18.6 Å². The van der Waals surface area contributed by atoms with Crippen molar-refractivity contribution in [3.63, 3.8) is 0 Å². The molecular formula is C18H17ClN4O2S. The van der Waals surface area contributed by atoms with Gasteiger partial charge in [-0.2, -0.15) is 0 Å². The molecule has 0 aliphatic heterocycles. The summed E-state index contributed by atoms with van der Waals surface area (Å²) in [6.45, 7) is 2.01. The molecule has 2 aromatic carbocycles. The lowest BCUT2D eigenvalue weighted by atomic mass is 10.2. The van der Waals surface area contributed by atoms with Crippen LogP contribution in [0.25, 0.3) is 0 Å². The van der Waals surface area contributed by atoms with Crippen LogP contribution in [0, 0.1) is 0 Å². The molecule has 0 radical (unpaired) electrons. The summed E-state index contributed by atoms with van der Waals surface area (Å²) in [5, 5.41) is 11.5. The third-order valence-electron chi connectivity index (χ3n) is 3.64. The highest BCUT2D eigenvalue weighted by atomic mass is 35.5. The van der Waals surface area contributed by atoms with E-state index >= 15 is 0 Å². The van der Waals surface area contributed by atoms with Crippen molar-refractivity contribution in [2.24, 2.45) is 0 Å². The van der Waals surface area contributed by atoms with E-state index in [1.165, 1.54) is 6.07 Å². The Morgan fingerprint density at radius 3 is 2.27 bits per heavy atom. The van der Waals surface area contributed by atoms with Crippen molar-refractivity contribution < 1.29 is 8.42 Å². The van der Waals surface area contributed by atoms with Crippen molar-refractivity contribution in [3.8, 4) is 0 Å². The zero-order chi connectivity index (χ0) is 18.6. The quantitative estimate of drug-likeness (QED) is 0.659. The maximum atomic E-state index is 12.4. The van der Waals surface area contributed by atoms with Gasteiger partial charge in [0, 0.05) is 10.7 Å². The van der Waals surface area contributed by atoms with Gasteiger partial charge in [0.1, 0.15) is 0 Å². The molecule has 8 heteroatoms. The third-order valence-corrected chi connectivity index (χ3v) is 5.25. The number of rotatable bonds is 6. The Labute approximate surface area is 157 Å². The molecule has 0 saturated carbocycles. The fraction of sp³-hybridized carbons (Fsp3) is 0.111. The van der Waals surface area contributed by atoms with Crippen molar-refractivity contribution in [2.45, 2.75) is 18.2 Å². The summed E-state index contributed by atoms with van der Waals surface area (Å²) in [5.74, 6) is 0.615. The van der Waals surface area contributed by atoms with Crippen molar-refractivity contribution in [2.75, 3.05) is 10.0 Å². The van der Waals surface area contributed by atoms with E-state index in [1.54, 1.807) is 42.5 Å².